The minimum atomic E-state index is -0.364. The molecular weight excluding hydrogens is 322 g/mol. The summed E-state index contributed by atoms with van der Waals surface area (Å²) in [5.41, 5.74) is 2.81. The van der Waals surface area contributed by atoms with E-state index in [0.717, 1.165) is 12.0 Å². The second-order valence-electron chi connectivity index (χ2n) is 5.77. The first kappa shape index (κ1) is 15.2. The Morgan fingerprint density at radius 3 is 2.80 bits per heavy atom. The highest BCUT2D eigenvalue weighted by molar-refractivity contribution is 6.02. The molecule has 1 aliphatic heterocycles. The van der Waals surface area contributed by atoms with Gasteiger partial charge in [0.15, 0.2) is 5.76 Å². The maximum absolute atomic E-state index is 12.4. The van der Waals surface area contributed by atoms with Gasteiger partial charge in [0.2, 0.25) is 5.76 Å². The third kappa shape index (κ3) is 3.03. The van der Waals surface area contributed by atoms with Crippen molar-refractivity contribution < 1.29 is 18.5 Å². The molecule has 0 aliphatic carbocycles. The number of carbonyl (C=O) groups excluding carboxylic acids is 2. The van der Waals surface area contributed by atoms with Crippen molar-refractivity contribution in [2.24, 2.45) is 0 Å². The fourth-order valence-electron chi connectivity index (χ4n) is 2.89. The van der Waals surface area contributed by atoms with Gasteiger partial charge in [-0.3, -0.25) is 9.59 Å². The quantitative estimate of drug-likeness (QED) is 0.794. The molecular formula is C18H15N3O4. The molecule has 0 fully saturated rings. The van der Waals surface area contributed by atoms with Gasteiger partial charge in [-0.2, -0.15) is 0 Å². The van der Waals surface area contributed by atoms with Crippen LogP contribution in [-0.4, -0.2) is 28.4 Å². The standard InChI is InChI=1S/C18H15N3O4/c22-17(15-5-7-19-25-15)20-14-4-3-12-6-8-21(11-13(12)10-14)18(23)16-2-1-9-24-16/h1-5,7,9-10H,6,8,11H2,(H,20,22). The van der Waals surface area contributed by atoms with E-state index < -0.39 is 0 Å². The van der Waals surface area contributed by atoms with Gasteiger partial charge < -0.3 is 19.2 Å². The molecule has 7 heteroatoms. The summed E-state index contributed by atoms with van der Waals surface area (Å²) < 4.78 is 10.0. The summed E-state index contributed by atoms with van der Waals surface area (Å²) in [6.07, 6.45) is 3.67. The van der Waals surface area contributed by atoms with E-state index in [9.17, 15) is 9.59 Å². The molecule has 4 rings (SSSR count). The lowest BCUT2D eigenvalue weighted by molar-refractivity contribution is 0.0702. The molecule has 3 aromatic rings. The first-order valence-corrected chi connectivity index (χ1v) is 7.87. The first-order chi connectivity index (χ1) is 12.2. The number of anilines is 1. The zero-order valence-electron chi connectivity index (χ0n) is 13.3. The van der Waals surface area contributed by atoms with E-state index in [2.05, 4.69) is 10.5 Å². The van der Waals surface area contributed by atoms with Crippen molar-refractivity contribution >= 4 is 17.5 Å². The number of carbonyl (C=O) groups is 2. The lowest BCUT2D eigenvalue weighted by Gasteiger charge is -2.28. The van der Waals surface area contributed by atoms with Crippen LogP contribution in [0.4, 0.5) is 5.69 Å². The SMILES string of the molecule is O=C(Nc1ccc2c(c1)CN(C(=O)c1ccco1)CC2)c1ccno1. The summed E-state index contributed by atoms with van der Waals surface area (Å²) in [7, 11) is 0. The highest BCUT2D eigenvalue weighted by atomic mass is 16.5. The number of rotatable bonds is 3. The van der Waals surface area contributed by atoms with E-state index in [1.165, 1.54) is 24.1 Å². The Bertz CT molecular complexity index is 901. The molecule has 2 amide bonds. The molecule has 25 heavy (non-hydrogen) atoms. The van der Waals surface area contributed by atoms with Crippen LogP contribution in [-0.2, 0) is 13.0 Å². The third-order valence-corrected chi connectivity index (χ3v) is 4.16. The van der Waals surface area contributed by atoms with Crippen LogP contribution in [0.5, 0.6) is 0 Å². The van der Waals surface area contributed by atoms with Gasteiger partial charge in [0, 0.05) is 24.8 Å². The summed E-state index contributed by atoms with van der Waals surface area (Å²) in [5.74, 6) is -0.0194. The number of hydrogen-bond acceptors (Lipinski definition) is 5. The number of aromatic nitrogens is 1. The van der Waals surface area contributed by atoms with Crippen molar-refractivity contribution in [2.75, 3.05) is 11.9 Å². The highest BCUT2D eigenvalue weighted by Crippen LogP contribution is 2.24. The average molecular weight is 337 g/mol. The van der Waals surface area contributed by atoms with Gasteiger partial charge in [-0.25, -0.2) is 0 Å². The van der Waals surface area contributed by atoms with Crippen LogP contribution in [0.2, 0.25) is 0 Å². The number of furan rings is 1. The molecule has 1 aromatic carbocycles. The maximum Gasteiger partial charge on any atom is 0.294 e. The van der Waals surface area contributed by atoms with Crippen LogP contribution in [0.1, 0.15) is 32.2 Å². The van der Waals surface area contributed by atoms with Crippen LogP contribution in [0.3, 0.4) is 0 Å². The lowest BCUT2D eigenvalue weighted by Crippen LogP contribution is -2.35. The lowest BCUT2D eigenvalue weighted by atomic mass is 9.99. The molecule has 0 saturated carbocycles. The van der Waals surface area contributed by atoms with E-state index in [4.69, 9.17) is 8.94 Å². The predicted octanol–water partition coefficient (Wildman–Crippen LogP) is 2.72. The topological polar surface area (TPSA) is 88.6 Å². The molecule has 0 saturated heterocycles. The largest absolute Gasteiger partial charge is 0.459 e. The van der Waals surface area contributed by atoms with Gasteiger partial charge in [0.1, 0.15) is 0 Å². The van der Waals surface area contributed by atoms with Crippen LogP contribution in [0.15, 0.2) is 57.8 Å². The van der Waals surface area contributed by atoms with E-state index >= 15 is 0 Å². The summed E-state index contributed by atoms with van der Waals surface area (Å²) in [6, 6.07) is 10.5. The van der Waals surface area contributed by atoms with Crippen molar-refractivity contribution in [1.82, 2.24) is 10.1 Å². The van der Waals surface area contributed by atoms with Crippen molar-refractivity contribution in [3.05, 3.63) is 71.5 Å². The highest BCUT2D eigenvalue weighted by Gasteiger charge is 2.23. The first-order valence-electron chi connectivity index (χ1n) is 7.87. The van der Waals surface area contributed by atoms with E-state index in [1.807, 2.05) is 18.2 Å². The zero-order valence-corrected chi connectivity index (χ0v) is 13.3. The Kier molecular flexibility index (Phi) is 3.81. The Labute approximate surface area is 143 Å². The van der Waals surface area contributed by atoms with Crippen molar-refractivity contribution in [3.63, 3.8) is 0 Å². The molecule has 0 spiro atoms. The van der Waals surface area contributed by atoms with Crippen molar-refractivity contribution in [1.29, 1.82) is 0 Å². The second-order valence-corrected chi connectivity index (χ2v) is 5.77. The van der Waals surface area contributed by atoms with Gasteiger partial charge in [0.05, 0.1) is 12.5 Å². The fourth-order valence-corrected chi connectivity index (χ4v) is 2.89. The van der Waals surface area contributed by atoms with E-state index in [1.54, 1.807) is 17.0 Å². The Morgan fingerprint density at radius 2 is 2.04 bits per heavy atom. The number of amides is 2. The molecule has 0 unspecified atom stereocenters. The van der Waals surface area contributed by atoms with E-state index in [-0.39, 0.29) is 17.6 Å². The molecule has 126 valence electrons. The summed E-state index contributed by atoms with van der Waals surface area (Å²) in [6.45, 7) is 1.11. The van der Waals surface area contributed by atoms with Crippen LogP contribution in [0, 0.1) is 0 Å². The summed E-state index contributed by atoms with van der Waals surface area (Å²) in [5, 5.41) is 6.29. The third-order valence-electron chi connectivity index (χ3n) is 4.16. The Hall–Kier alpha value is -3.35. The summed E-state index contributed by atoms with van der Waals surface area (Å²) >= 11 is 0. The molecule has 2 aromatic heterocycles. The Morgan fingerprint density at radius 1 is 1.12 bits per heavy atom. The van der Waals surface area contributed by atoms with E-state index in [0.29, 0.717) is 24.5 Å². The second kappa shape index (κ2) is 6.27. The minimum Gasteiger partial charge on any atom is -0.459 e. The number of benzene rings is 1. The Balaban J connectivity index is 1.51. The fraction of sp³-hybridized carbons (Fsp3) is 0.167. The molecule has 0 bridgehead atoms. The predicted molar refractivity (Wildman–Crippen MR) is 88.1 cm³/mol. The number of nitrogens with one attached hydrogen (secondary N) is 1. The van der Waals surface area contributed by atoms with Crippen LogP contribution >= 0.6 is 0 Å². The average Bonchev–Trinajstić information content (AvgIpc) is 3.34. The van der Waals surface area contributed by atoms with Crippen molar-refractivity contribution in [3.8, 4) is 0 Å². The van der Waals surface area contributed by atoms with Gasteiger partial charge in [-0.15, -0.1) is 0 Å². The van der Waals surface area contributed by atoms with Crippen molar-refractivity contribution in [2.45, 2.75) is 13.0 Å². The number of fused-ring (bicyclic) bond motifs is 1. The monoisotopic (exact) mass is 337 g/mol. The summed E-state index contributed by atoms with van der Waals surface area (Å²) in [4.78, 5) is 26.2. The smallest absolute Gasteiger partial charge is 0.294 e. The molecule has 0 radical (unpaired) electrons. The van der Waals surface area contributed by atoms with Gasteiger partial charge in [0.25, 0.3) is 11.8 Å². The molecule has 3 heterocycles. The molecule has 1 aliphatic rings. The number of nitrogens with zero attached hydrogens (tertiary/aromatic N) is 2. The maximum atomic E-state index is 12.4. The minimum absolute atomic E-state index is 0.133. The van der Waals surface area contributed by atoms with Gasteiger partial charge >= 0.3 is 0 Å². The normalized spacial score (nSPS) is 13.4. The van der Waals surface area contributed by atoms with Crippen LogP contribution in [0.25, 0.3) is 0 Å². The van der Waals surface area contributed by atoms with Crippen LogP contribution < -0.4 is 5.32 Å². The molecule has 7 nitrogen and oxygen atoms in total. The van der Waals surface area contributed by atoms with Gasteiger partial charge in [-0.1, -0.05) is 11.2 Å². The number of hydrogen-bond donors (Lipinski definition) is 1. The molecule has 1 N–H and O–H groups in total. The molecule has 0 atom stereocenters. The van der Waals surface area contributed by atoms with Gasteiger partial charge in [-0.05, 0) is 41.8 Å². The zero-order chi connectivity index (χ0) is 17.2.